The van der Waals surface area contributed by atoms with Gasteiger partial charge >= 0.3 is 0 Å². The van der Waals surface area contributed by atoms with E-state index < -0.39 is 5.91 Å². The Morgan fingerprint density at radius 3 is 3.00 bits per heavy atom. The maximum atomic E-state index is 11.2. The number of pyridine rings is 1. The van der Waals surface area contributed by atoms with Crippen molar-refractivity contribution in [3.8, 4) is 0 Å². The zero-order valence-electron chi connectivity index (χ0n) is 10.0. The van der Waals surface area contributed by atoms with Crippen molar-refractivity contribution in [1.82, 2.24) is 4.98 Å². The average molecular weight is 237 g/mol. The summed E-state index contributed by atoms with van der Waals surface area (Å²) in [6.45, 7) is 2.91. The molecule has 0 radical (unpaired) electrons. The van der Waals surface area contributed by atoms with Crippen molar-refractivity contribution in [3.05, 3.63) is 23.9 Å². The van der Waals surface area contributed by atoms with Gasteiger partial charge in [0.1, 0.15) is 5.82 Å². The van der Waals surface area contributed by atoms with Gasteiger partial charge in [0, 0.05) is 19.3 Å². The van der Waals surface area contributed by atoms with E-state index in [4.69, 9.17) is 10.8 Å². The summed E-state index contributed by atoms with van der Waals surface area (Å²) in [5, 5.41) is 12.0. The first kappa shape index (κ1) is 13.4. The number of aliphatic hydroxyl groups excluding tert-OH is 1. The minimum absolute atomic E-state index is 0.172. The molecule has 0 saturated heterocycles. The van der Waals surface area contributed by atoms with E-state index in [0.29, 0.717) is 23.8 Å². The van der Waals surface area contributed by atoms with Gasteiger partial charge in [-0.25, -0.2) is 4.98 Å². The van der Waals surface area contributed by atoms with Crippen molar-refractivity contribution < 1.29 is 9.90 Å². The molecule has 1 rings (SSSR count). The van der Waals surface area contributed by atoms with Crippen LogP contribution < -0.4 is 11.1 Å². The van der Waals surface area contributed by atoms with E-state index in [1.165, 1.54) is 0 Å². The van der Waals surface area contributed by atoms with Crippen molar-refractivity contribution in [2.75, 3.05) is 18.5 Å². The third kappa shape index (κ3) is 4.03. The third-order valence-corrected chi connectivity index (χ3v) is 2.75. The van der Waals surface area contributed by atoms with Gasteiger partial charge in [-0.05, 0) is 24.5 Å². The Hall–Kier alpha value is -1.62. The van der Waals surface area contributed by atoms with E-state index in [1.807, 2.05) is 0 Å². The molecule has 4 N–H and O–H groups in total. The smallest absolute Gasteiger partial charge is 0.252 e. The molecule has 5 nitrogen and oxygen atoms in total. The highest BCUT2D eigenvalue weighted by atomic mass is 16.3. The van der Waals surface area contributed by atoms with Crippen molar-refractivity contribution in [2.24, 2.45) is 11.7 Å². The first-order chi connectivity index (χ1) is 8.19. The van der Waals surface area contributed by atoms with Crippen LogP contribution in [0.3, 0.4) is 0 Å². The number of nitrogens with zero attached hydrogens (tertiary/aromatic N) is 1. The quantitative estimate of drug-likeness (QED) is 0.660. The van der Waals surface area contributed by atoms with Crippen molar-refractivity contribution in [3.63, 3.8) is 0 Å². The highest BCUT2D eigenvalue weighted by Gasteiger charge is 2.10. The van der Waals surface area contributed by atoms with Crippen LogP contribution in [0.4, 0.5) is 5.82 Å². The summed E-state index contributed by atoms with van der Waals surface area (Å²) >= 11 is 0. The molecule has 0 spiro atoms. The number of hydrogen-bond acceptors (Lipinski definition) is 4. The molecule has 5 heteroatoms. The minimum atomic E-state index is -0.490. The number of carbonyl (C=O) groups excluding carboxylic acids is 1. The van der Waals surface area contributed by atoms with E-state index in [1.54, 1.807) is 18.3 Å². The van der Waals surface area contributed by atoms with E-state index in [2.05, 4.69) is 17.2 Å². The van der Waals surface area contributed by atoms with Gasteiger partial charge in [-0.3, -0.25) is 4.79 Å². The lowest BCUT2D eigenvalue weighted by atomic mass is 10.0. The number of aromatic nitrogens is 1. The monoisotopic (exact) mass is 237 g/mol. The normalized spacial score (nSPS) is 12.1. The molecule has 0 fully saturated rings. The number of anilines is 1. The summed E-state index contributed by atoms with van der Waals surface area (Å²) in [6.07, 6.45) is 3.32. The molecular formula is C12H19N3O2. The second-order valence-corrected chi connectivity index (χ2v) is 3.93. The first-order valence-electron chi connectivity index (χ1n) is 5.78. The van der Waals surface area contributed by atoms with Crippen LogP contribution in [0.1, 0.15) is 30.1 Å². The number of nitrogens with one attached hydrogen (secondary N) is 1. The van der Waals surface area contributed by atoms with Crippen molar-refractivity contribution in [1.29, 1.82) is 0 Å². The molecule has 0 aliphatic heterocycles. The molecule has 17 heavy (non-hydrogen) atoms. The standard InChI is InChI=1S/C12H19N3O2/c1-2-9(5-7-16)8-15-12-10(11(13)17)4-3-6-14-12/h3-4,6,9,16H,2,5,7-8H2,1H3,(H2,13,17)(H,14,15). The van der Waals surface area contributed by atoms with Crippen LogP contribution in [-0.2, 0) is 0 Å². The lowest BCUT2D eigenvalue weighted by Gasteiger charge is -2.15. The fraction of sp³-hybridized carbons (Fsp3) is 0.500. The van der Waals surface area contributed by atoms with Crippen molar-refractivity contribution >= 4 is 11.7 Å². The minimum Gasteiger partial charge on any atom is -0.396 e. The lowest BCUT2D eigenvalue weighted by molar-refractivity contribution is 0.100. The average Bonchev–Trinajstić information content (AvgIpc) is 2.34. The molecule has 0 aliphatic rings. The molecule has 0 bridgehead atoms. The summed E-state index contributed by atoms with van der Waals surface area (Å²) in [5.41, 5.74) is 5.65. The summed E-state index contributed by atoms with van der Waals surface area (Å²) < 4.78 is 0. The second kappa shape index (κ2) is 6.85. The molecule has 0 saturated carbocycles. The Bertz CT molecular complexity index is 369. The first-order valence-corrected chi connectivity index (χ1v) is 5.78. The lowest BCUT2D eigenvalue weighted by Crippen LogP contribution is -2.19. The van der Waals surface area contributed by atoms with Gasteiger partial charge in [0.05, 0.1) is 5.56 Å². The zero-order chi connectivity index (χ0) is 12.7. The molecule has 0 aromatic carbocycles. The number of aliphatic hydroxyl groups is 1. The van der Waals surface area contributed by atoms with Crippen molar-refractivity contribution in [2.45, 2.75) is 19.8 Å². The number of amides is 1. The Morgan fingerprint density at radius 2 is 2.41 bits per heavy atom. The molecule has 1 atom stereocenters. The van der Waals surface area contributed by atoms with E-state index in [0.717, 1.165) is 12.8 Å². The third-order valence-electron chi connectivity index (χ3n) is 2.75. The Kier molecular flexibility index (Phi) is 5.42. The Balaban J connectivity index is 2.65. The van der Waals surface area contributed by atoms with E-state index >= 15 is 0 Å². The van der Waals surface area contributed by atoms with Gasteiger partial charge < -0.3 is 16.2 Å². The van der Waals surface area contributed by atoms with Crippen LogP contribution in [0, 0.1) is 5.92 Å². The largest absolute Gasteiger partial charge is 0.396 e. The maximum absolute atomic E-state index is 11.2. The van der Waals surface area contributed by atoms with Crippen LogP contribution >= 0.6 is 0 Å². The number of primary amides is 1. The molecular weight excluding hydrogens is 218 g/mol. The zero-order valence-corrected chi connectivity index (χ0v) is 10.0. The van der Waals surface area contributed by atoms with Gasteiger partial charge in [0.15, 0.2) is 0 Å². The SMILES string of the molecule is CCC(CCO)CNc1ncccc1C(N)=O. The van der Waals surface area contributed by atoms with E-state index in [9.17, 15) is 4.79 Å². The Morgan fingerprint density at radius 1 is 1.65 bits per heavy atom. The molecule has 94 valence electrons. The van der Waals surface area contributed by atoms with Gasteiger partial charge in [0.2, 0.25) is 0 Å². The molecule has 1 amide bonds. The van der Waals surface area contributed by atoms with Crippen LogP contribution in [0.2, 0.25) is 0 Å². The summed E-state index contributed by atoms with van der Waals surface area (Å²) in [6, 6.07) is 3.32. The number of carbonyl (C=O) groups is 1. The second-order valence-electron chi connectivity index (χ2n) is 3.93. The molecule has 1 aromatic heterocycles. The van der Waals surface area contributed by atoms with Crippen LogP contribution in [-0.4, -0.2) is 29.1 Å². The van der Waals surface area contributed by atoms with Gasteiger partial charge in [-0.2, -0.15) is 0 Å². The Labute approximate surface area is 101 Å². The highest BCUT2D eigenvalue weighted by Crippen LogP contribution is 2.13. The van der Waals surface area contributed by atoms with Gasteiger partial charge in [0.25, 0.3) is 5.91 Å². The topological polar surface area (TPSA) is 88.2 Å². The highest BCUT2D eigenvalue weighted by molar-refractivity contribution is 5.97. The van der Waals surface area contributed by atoms with Crippen LogP contribution in [0.5, 0.6) is 0 Å². The number of rotatable bonds is 7. The van der Waals surface area contributed by atoms with E-state index in [-0.39, 0.29) is 6.61 Å². The predicted molar refractivity (Wildman–Crippen MR) is 66.7 cm³/mol. The van der Waals surface area contributed by atoms with Crippen LogP contribution in [0.25, 0.3) is 0 Å². The molecule has 1 aromatic rings. The molecule has 1 heterocycles. The molecule has 1 unspecified atom stereocenters. The summed E-state index contributed by atoms with van der Waals surface area (Å²) in [7, 11) is 0. The van der Waals surface area contributed by atoms with Gasteiger partial charge in [-0.15, -0.1) is 0 Å². The molecule has 0 aliphatic carbocycles. The number of hydrogen-bond donors (Lipinski definition) is 3. The number of nitrogens with two attached hydrogens (primary N) is 1. The fourth-order valence-corrected chi connectivity index (χ4v) is 1.62. The summed E-state index contributed by atoms with van der Waals surface area (Å²) in [4.78, 5) is 15.3. The maximum Gasteiger partial charge on any atom is 0.252 e. The summed E-state index contributed by atoms with van der Waals surface area (Å²) in [5.74, 6) is 0.384. The predicted octanol–water partition coefficient (Wildman–Crippen LogP) is 1.00. The van der Waals surface area contributed by atoms with Gasteiger partial charge in [-0.1, -0.05) is 13.3 Å². The van der Waals surface area contributed by atoms with Crippen LogP contribution in [0.15, 0.2) is 18.3 Å². The fourth-order valence-electron chi connectivity index (χ4n) is 1.62.